The second-order valence-corrected chi connectivity index (χ2v) is 6.98. The Morgan fingerprint density at radius 1 is 1.28 bits per heavy atom. The SMILES string of the molecule is CC(CNC(C)(C)C)N1CCOC2CCCCC21. The monoisotopic (exact) mass is 254 g/mol. The van der Waals surface area contributed by atoms with Gasteiger partial charge in [-0.25, -0.2) is 0 Å². The van der Waals surface area contributed by atoms with Crippen molar-refractivity contribution >= 4 is 0 Å². The highest BCUT2D eigenvalue weighted by molar-refractivity contribution is 4.90. The van der Waals surface area contributed by atoms with Crippen molar-refractivity contribution in [2.75, 3.05) is 19.7 Å². The minimum absolute atomic E-state index is 0.215. The number of hydrogen-bond donors (Lipinski definition) is 1. The summed E-state index contributed by atoms with van der Waals surface area (Å²) in [5.41, 5.74) is 0.215. The summed E-state index contributed by atoms with van der Waals surface area (Å²) in [6, 6.07) is 1.28. The molecule has 3 unspecified atom stereocenters. The van der Waals surface area contributed by atoms with Crippen LogP contribution in [0.2, 0.25) is 0 Å². The number of hydrogen-bond acceptors (Lipinski definition) is 3. The number of fused-ring (bicyclic) bond motifs is 1. The molecule has 3 heteroatoms. The van der Waals surface area contributed by atoms with Crippen LogP contribution in [0, 0.1) is 0 Å². The summed E-state index contributed by atoms with van der Waals surface area (Å²) in [5.74, 6) is 0. The van der Waals surface area contributed by atoms with E-state index >= 15 is 0 Å². The van der Waals surface area contributed by atoms with Gasteiger partial charge in [0.25, 0.3) is 0 Å². The predicted octanol–water partition coefficient (Wildman–Crippen LogP) is 2.41. The van der Waals surface area contributed by atoms with E-state index in [1.54, 1.807) is 0 Å². The van der Waals surface area contributed by atoms with Gasteiger partial charge in [-0.3, -0.25) is 4.90 Å². The molecule has 0 spiro atoms. The van der Waals surface area contributed by atoms with Crippen LogP contribution in [0.15, 0.2) is 0 Å². The van der Waals surface area contributed by atoms with Crippen molar-refractivity contribution in [3.8, 4) is 0 Å². The van der Waals surface area contributed by atoms with E-state index in [0.29, 0.717) is 18.2 Å². The Morgan fingerprint density at radius 2 is 2.00 bits per heavy atom. The minimum Gasteiger partial charge on any atom is -0.375 e. The van der Waals surface area contributed by atoms with Gasteiger partial charge in [-0.15, -0.1) is 0 Å². The van der Waals surface area contributed by atoms with Crippen LogP contribution in [0.4, 0.5) is 0 Å². The Hall–Kier alpha value is -0.120. The van der Waals surface area contributed by atoms with Gasteiger partial charge in [-0.2, -0.15) is 0 Å². The molecule has 0 aromatic carbocycles. The molecule has 1 aliphatic carbocycles. The number of rotatable bonds is 3. The average Bonchev–Trinajstić information content (AvgIpc) is 2.34. The normalized spacial score (nSPS) is 32.0. The van der Waals surface area contributed by atoms with Crippen LogP contribution in [-0.2, 0) is 4.74 Å². The summed E-state index contributed by atoms with van der Waals surface area (Å²) in [6.45, 7) is 12.2. The zero-order valence-electron chi connectivity index (χ0n) is 12.5. The van der Waals surface area contributed by atoms with Gasteiger partial charge in [-0.1, -0.05) is 12.8 Å². The number of ether oxygens (including phenoxy) is 1. The second kappa shape index (κ2) is 5.89. The van der Waals surface area contributed by atoms with Crippen LogP contribution >= 0.6 is 0 Å². The third-order valence-electron chi connectivity index (χ3n) is 4.27. The van der Waals surface area contributed by atoms with Crippen LogP contribution in [0.1, 0.15) is 53.4 Å². The van der Waals surface area contributed by atoms with Gasteiger partial charge in [0.2, 0.25) is 0 Å². The molecular formula is C15H30N2O. The maximum Gasteiger partial charge on any atom is 0.0731 e. The lowest BCUT2D eigenvalue weighted by Gasteiger charge is -2.47. The summed E-state index contributed by atoms with van der Waals surface area (Å²) >= 11 is 0. The molecule has 2 fully saturated rings. The van der Waals surface area contributed by atoms with E-state index in [1.807, 2.05) is 0 Å². The molecule has 0 aromatic heterocycles. The van der Waals surface area contributed by atoms with Crippen molar-refractivity contribution in [1.82, 2.24) is 10.2 Å². The van der Waals surface area contributed by atoms with E-state index in [0.717, 1.165) is 19.7 Å². The minimum atomic E-state index is 0.215. The van der Waals surface area contributed by atoms with Crippen LogP contribution in [-0.4, -0.2) is 48.3 Å². The Bertz CT molecular complexity index is 260. The lowest BCUT2D eigenvalue weighted by molar-refractivity contribution is -0.100. The summed E-state index contributed by atoms with van der Waals surface area (Å²) in [7, 11) is 0. The molecule has 106 valence electrons. The van der Waals surface area contributed by atoms with E-state index in [9.17, 15) is 0 Å². The third kappa shape index (κ3) is 3.69. The molecule has 0 amide bonds. The molecule has 2 aliphatic rings. The Balaban J connectivity index is 1.89. The standard InChI is InChI=1S/C15H30N2O/c1-12(11-16-15(2,3)4)17-9-10-18-14-8-6-5-7-13(14)17/h12-14,16H,5-11H2,1-4H3. The number of morpholine rings is 1. The van der Waals surface area contributed by atoms with E-state index < -0.39 is 0 Å². The van der Waals surface area contributed by atoms with Gasteiger partial charge in [0.05, 0.1) is 12.7 Å². The molecule has 2 rings (SSSR count). The fraction of sp³-hybridized carbons (Fsp3) is 1.00. The Morgan fingerprint density at radius 3 is 2.72 bits per heavy atom. The highest BCUT2D eigenvalue weighted by Crippen LogP contribution is 2.29. The van der Waals surface area contributed by atoms with Gasteiger partial charge in [-0.05, 0) is 40.5 Å². The zero-order valence-corrected chi connectivity index (χ0v) is 12.5. The van der Waals surface area contributed by atoms with E-state index in [2.05, 4.69) is 37.9 Å². The molecule has 0 radical (unpaired) electrons. The molecule has 1 saturated carbocycles. The van der Waals surface area contributed by atoms with E-state index in [-0.39, 0.29) is 5.54 Å². The molecule has 1 N–H and O–H groups in total. The third-order valence-corrected chi connectivity index (χ3v) is 4.27. The maximum atomic E-state index is 5.95. The van der Waals surface area contributed by atoms with Crippen molar-refractivity contribution in [3.63, 3.8) is 0 Å². The number of nitrogens with zero attached hydrogens (tertiary/aromatic N) is 1. The quantitative estimate of drug-likeness (QED) is 0.837. The lowest BCUT2D eigenvalue weighted by Crippen LogP contribution is -2.58. The second-order valence-electron chi connectivity index (χ2n) is 6.98. The fourth-order valence-corrected chi connectivity index (χ4v) is 3.24. The Labute approximate surface area is 112 Å². The summed E-state index contributed by atoms with van der Waals surface area (Å²) in [4.78, 5) is 2.69. The van der Waals surface area contributed by atoms with Gasteiger partial charge in [0, 0.05) is 30.7 Å². The number of nitrogens with one attached hydrogen (secondary N) is 1. The zero-order chi connectivity index (χ0) is 13.2. The topological polar surface area (TPSA) is 24.5 Å². The molecule has 1 aliphatic heterocycles. The lowest BCUT2D eigenvalue weighted by atomic mass is 9.89. The molecule has 3 nitrogen and oxygen atoms in total. The van der Waals surface area contributed by atoms with Crippen molar-refractivity contribution in [3.05, 3.63) is 0 Å². The largest absolute Gasteiger partial charge is 0.375 e. The first kappa shape index (κ1) is 14.3. The summed E-state index contributed by atoms with van der Waals surface area (Å²) < 4.78 is 5.95. The van der Waals surface area contributed by atoms with Crippen LogP contribution in [0.25, 0.3) is 0 Å². The first-order valence-electron chi connectivity index (χ1n) is 7.60. The predicted molar refractivity (Wildman–Crippen MR) is 75.9 cm³/mol. The smallest absolute Gasteiger partial charge is 0.0731 e. The molecular weight excluding hydrogens is 224 g/mol. The van der Waals surface area contributed by atoms with Crippen molar-refractivity contribution < 1.29 is 4.74 Å². The molecule has 1 heterocycles. The van der Waals surface area contributed by atoms with Crippen molar-refractivity contribution in [2.45, 2.75) is 77.1 Å². The molecule has 1 saturated heterocycles. The van der Waals surface area contributed by atoms with Crippen molar-refractivity contribution in [1.29, 1.82) is 0 Å². The molecule has 3 atom stereocenters. The maximum absolute atomic E-state index is 5.95. The van der Waals surface area contributed by atoms with Gasteiger partial charge >= 0.3 is 0 Å². The van der Waals surface area contributed by atoms with E-state index in [4.69, 9.17) is 4.74 Å². The highest BCUT2D eigenvalue weighted by atomic mass is 16.5. The summed E-state index contributed by atoms with van der Waals surface area (Å²) in [6.07, 6.45) is 5.82. The van der Waals surface area contributed by atoms with Crippen molar-refractivity contribution in [2.24, 2.45) is 0 Å². The molecule has 0 bridgehead atoms. The molecule has 18 heavy (non-hydrogen) atoms. The van der Waals surface area contributed by atoms with Crippen LogP contribution in [0.5, 0.6) is 0 Å². The Kier molecular flexibility index (Phi) is 4.68. The van der Waals surface area contributed by atoms with Crippen LogP contribution < -0.4 is 5.32 Å². The summed E-state index contributed by atoms with van der Waals surface area (Å²) in [5, 5.41) is 3.63. The van der Waals surface area contributed by atoms with Gasteiger partial charge in [0.15, 0.2) is 0 Å². The molecule has 0 aromatic rings. The van der Waals surface area contributed by atoms with Crippen LogP contribution in [0.3, 0.4) is 0 Å². The first-order valence-corrected chi connectivity index (χ1v) is 7.60. The average molecular weight is 254 g/mol. The van der Waals surface area contributed by atoms with Gasteiger partial charge < -0.3 is 10.1 Å². The first-order chi connectivity index (χ1) is 8.47. The fourth-order valence-electron chi connectivity index (χ4n) is 3.24. The van der Waals surface area contributed by atoms with E-state index in [1.165, 1.54) is 25.7 Å². The highest BCUT2D eigenvalue weighted by Gasteiger charge is 2.36. The van der Waals surface area contributed by atoms with Gasteiger partial charge in [0.1, 0.15) is 0 Å².